The monoisotopic (exact) mass is 506 g/mol. The molecular formula is C29H50N2O5. The molecule has 1 atom stereocenters. The zero-order valence-electron chi connectivity index (χ0n) is 23.1. The number of amides is 2. The van der Waals surface area contributed by atoms with E-state index in [0.29, 0.717) is 13.0 Å². The SMILES string of the molecule is CCCCCCCCOCCCCCCCNC(=O)C(Cc1ccc(O)cc1)NC(=O)OC(C)(C)C. The quantitative estimate of drug-likeness (QED) is 0.192. The van der Waals surface area contributed by atoms with E-state index in [0.717, 1.165) is 50.9 Å². The van der Waals surface area contributed by atoms with Crippen LogP contribution in [0.25, 0.3) is 0 Å². The molecule has 0 aliphatic rings. The van der Waals surface area contributed by atoms with Gasteiger partial charge in [-0.1, -0.05) is 70.4 Å². The van der Waals surface area contributed by atoms with Gasteiger partial charge in [0.25, 0.3) is 0 Å². The van der Waals surface area contributed by atoms with E-state index in [1.807, 2.05) is 0 Å². The highest BCUT2D eigenvalue weighted by Gasteiger charge is 2.24. The Morgan fingerprint density at radius 2 is 1.42 bits per heavy atom. The Bertz CT molecular complexity index is 715. The van der Waals surface area contributed by atoms with E-state index < -0.39 is 17.7 Å². The number of rotatable bonds is 19. The number of carbonyl (C=O) groups excluding carboxylic acids is 2. The van der Waals surface area contributed by atoms with Gasteiger partial charge in [0, 0.05) is 26.2 Å². The largest absolute Gasteiger partial charge is 0.508 e. The van der Waals surface area contributed by atoms with Crippen LogP contribution in [0.4, 0.5) is 4.79 Å². The molecule has 1 rings (SSSR count). The van der Waals surface area contributed by atoms with Gasteiger partial charge in [-0.05, 0) is 57.7 Å². The zero-order chi connectivity index (χ0) is 26.7. The van der Waals surface area contributed by atoms with Crippen molar-refractivity contribution in [2.24, 2.45) is 0 Å². The third-order valence-corrected chi connectivity index (χ3v) is 5.79. The lowest BCUT2D eigenvalue weighted by Gasteiger charge is -2.23. The predicted octanol–water partition coefficient (Wildman–Crippen LogP) is 6.27. The number of ether oxygens (including phenoxy) is 2. The molecule has 1 unspecified atom stereocenters. The van der Waals surface area contributed by atoms with Crippen LogP contribution in [-0.2, 0) is 20.7 Å². The minimum atomic E-state index is -0.756. The molecule has 7 nitrogen and oxygen atoms in total. The Balaban J connectivity index is 2.23. The standard InChI is InChI=1S/C29H50N2O5/c1-5-6-7-8-11-14-21-35-22-15-12-9-10-13-20-30-27(33)26(31-28(34)36-29(2,3)4)23-24-16-18-25(32)19-17-24/h16-19,26,32H,5-15,20-23H2,1-4H3,(H,30,33)(H,31,34). The number of benzene rings is 1. The molecule has 0 aromatic heterocycles. The van der Waals surface area contributed by atoms with Crippen molar-refractivity contribution in [2.75, 3.05) is 19.8 Å². The van der Waals surface area contributed by atoms with Crippen LogP contribution in [0.3, 0.4) is 0 Å². The van der Waals surface area contributed by atoms with Gasteiger partial charge >= 0.3 is 6.09 Å². The zero-order valence-corrected chi connectivity index (χ0v) is 23.1. The Hall–Kier alpha value is -2.28. The number of hydrogen-bond acceptors (Lipinski definition) is 5. The van der Waals surface area contributed by atoms with Gasteiger partial charge in [-0.25, -0.2) is 4.79 Å². The molecule has 0 heterocycles. The summed E-state index contributed by atoms with van der Waals surface area (Å²) < 4.78 is 11.1. The lowest BCUT2D eigenvalue weighted by Crippen LogP contribution is -2.49. The van der Waals surface area contributed by atoms with Gasteiger partial charge in [-0.3, -0.25) is 4.79 Å². The number of hydrogen-bond donors (Lipinski definition) is 3. The van der Waals surface area contributed by atoms with Crippen LogP contribution in [0.15, 0.2) is 24.3 Å². The third-order valence-electron chi connectivity index (χ3n) is 5.79. The summed E-state index contributed by atoms with van der Waals surface area (Å²) >= 11 is 0. The molecule has 0 fully saturated rings. The van der Waals surface area contributed by atoms with Crippen molar-refractivity contribution in [3.05, 3.63) is 29.8 Å². The van der Waals surface area contributed by atoms with Gasteiger partial charge in [-0.2, -0.15) is 0 Å². The molecule has 0 aliphatic heterocycles. The summed E-state index contributed by atoms with van der Waals surface area (Å²) in [5, 5.41) is 15.1. The molecule has 36 heavy (non-hydrogen) atoms. The number of nitrogens with one attached hydrogen (secondary N) is 2. The normalized spacial score (nSPS) is 12.2. The van der Waals surface area contributed by atoms with Crippen LogP contribution >= 0.6 is 0 Å². The Morgan fingerprint density at radius 3 is 2.00 bits per heavy atom. The van der Waals surface area contributed by atoms with E-state index in [9.17, 15) is 14.7 Å². The average molecular weight is 507 g/mol. The third kappa shape index (κ3) is 17.2. The smallest absolute Gasteiger partial charge is 0.408 e. The van der Waals surface area contributed by atoms with Gasteiger partial charge in [-0.15, -0.1) is 0 Å². The summed E-state index contributed by atoms with van der Waals surface area (Å²) in [7, 11) is 0. The second kappa shape index (κ2) is 18.9. The number of phenolic OH excluding ortho intramolecular Hbond substituents is 1. The first-order valence-electron chi connectivity index (χ1n) is 13.8. The van der Waals surface area contributed by atoms with Crippen molar-refractivity contribution in [1.82, 2.24) is 10.6 Å². The van der Waals surface area contributed by atoms with Crippen molar-refractivity contribution in [2.45, 2.75) is 116 Å². The highest BCUT2D eigenvalue weighted by molar-refractivity contribution is 5.86. The Labute approximate surface area is 218 Å². The highest BCUT2D eigenvalue weighted by Crippen LogP contribution is 2.13. The van der Waals surface area contributed by atoms with Crippen molar-refractivity contribution in [3.8, 4) is 5.75 Å². The van der Waals surface area contributed by atoms with Crippen molar-refractivity contribution in [3.63, 3.8) is 0 Å². The van der Waals surface area contributed by atoms with E-state index >= 15 is 0 Å². The molecule has 7 heteroatoms. The van der Waals surface area contributed by atoms with Crippen molar-refractivity contribution in [1.29, 1.82) is 0 Å². The van der Waals surface area contributed by atoms with Crippen molar-refractivity contribution >= 4 is 12.0 Å². The molecule has 0 aliphatic carbocycles. The number of aromatic hydroxyl groups is 1. The van der Waals surface area contributed by atoms with Crippen LogP contribution in [0.5, 0.6) is 5.75 Å². The van der Waals surface area contributed by atoms with E-state index in [1.165, 1.54) is 38.5 Å². The summed E-state index contributed by atoms with van der Waals surface area (Å²) in [6, 6.07) is 5.86. The van der Waals surface area contributed by atoms with Gasteiger partial charge < -0.3 is 25.2 Å². The molecule has 1 aromatic carbocycles. The van der Waals surface area contributed by atoms with Gasteiger partial charge in [0.1, 0.15) is 17.4 Å². The minimum Gasteiger partial charge on any atom is -0.508 e. The number of phenols is 1. The van der Waals surface area contributed by atoms with Crippen LogP contribution < -0.4 is 10.6 Å². The van der Waals surface area contributed by atoms with Crippen LogP contribution in [0.1, 0.15) is 104 Å². The lowest BCUT2D eigenvalue weighted by atomic mass is 10.0. The van der Waals surface area contributed by atoms with Crippen molar-refractivity contribution < 1.29 is 24.2 Å². The molecule has 206 valence electrons. The predicted molar refractivity (Wildman–Crippen MR) is 145 cm³/mol. The fourth-order valence-corrected chi connectivity index (χ4v) is 3.81. The average Bonchev–Trinajstić information content (AvgIpc) is 2.81. The number of alkyl carbamates (subject to hydrolysis) is 1. The van der Waals surface area contributed by atoms with Crippen LogP contribution in [-0.4, -0.2) is 48.5 Å². The fraction of sp³-hybridized carbons (Fsp3) is 0.724. The molecule has 0 saturated carbocycles. The molecule has 2 amide bonds. The summed E-state index contributed by atoms with van der Waals surface area (Å²) in [5.74, 6) is -0.0822. The number of unbranched alkanes of at least 4 members (excludes halogenated alkanes) is 9. The Kier molecular flexibility index (Phi) is 16.7. The molecule has 0 spiro atoms. The second-order valence-corrected chi connectivity index (χ2v) is 10.5. The van der Waals surface area contributed by atoms with Crippen LogP contribution in [0.2, 0.25) is 0 Å². The maximum Gasteiger partial charge on any atom is 0.408 e. The summed E-state index contributed by atoms with van der Waals surface area (Å²) in [6.45, 7) is 9.86. The van der Waals surface area contributed by atoms with Crippen LogP contribution in [0, 0.1) is 0 Å². The lowest BCUT2D eigenvalue weighted by molar-refractivity contribution is -0.123. The molecule has 0 radical (unpaired) electrons. The maximum absolute atomic E-state index is 12.8. The number of carbonyl (C=O) groups is 2. The first kappa shape index (κ1) is 31.7. The maximum atomic E-state index is 12.8. The highest BCUT2D eigenvalue weighted by atomic mass is 16.6. The molecule has 0 bridgehead atoms. The molecule has 0 saturated heterocycles. The van der Waals surface area contributed by atoms with E-state index in [4.69, 9.17) is 9.47 Å². The topological polar surface area (TPSA) is 96.9 Å². The molecule has 3 N–H and O–H groups in total. The first-order valence-corrected chi connectivity index (χ1v) is 13.8. The molecule has 1 aromatic rings. The minimum absolute atomic E-state index is 0.157. The summed E-state index contributed by atoms with van der Waals surface area (Å²) in [6.07, 6.45) is 12.7. The molecular weight excluding hydrogens is 456 g/mol. The van der Waals surface area contributed by atoms with Gasteiger partial charge in [0.15, 0.2) is 0 Å². The second-order valence-electron chi connectivity index (χ2n) is 10.5. The van der Waals surface area contributed by atoms with E-state index in [2.05, 4.69) is 17.6 Å². The Morgan fingerprint density at radius 1 is 0.861 bits per heavy atom. The van der Waals surface area contributed by atoms with E-state index in [-0.39, 0.29) is 11.7 Å². The van der Waals surface area contributed by atoms with Gasteiger partial charge in [0.05, 0.1) is 0 Å². The fourth-order valence-electron chi connectivity index (χ4n) is 3.81. The summed E-state index contributed by atoms with van der Waals surface area (Å²) in [5.41, 5.74) is 0.186. The summed E-state index contributed by atoms with van der Waals surface area (Å²) in [4.78, 5) is 25.1. The first-order chi connectivity index (χ1) is 17.2. The van der Waals surface area contributed by atoms with Gasteiger partial charge in [0.2, 0.25) is 5.91 Å². The van der Waals surface area contributed by atoms with E-state index in [1.54, 1.807) is 45.0 Å².